The normalized spacial score (nSPS) is 19.9. The highest BCUT2D eigenvalue weighted by Crippen LogP contribution is 2.32. The molecule has 1 atom stereocenters. The fraction of sp³-hybridized carbons (Fsp3) is 0.250. The maximum atomic E-state index is 13.0. The van der Waals surface area contributed by atoms with Crippen molar-refractivity contribution in [2.75, 3.05) is 19.0 Å². The number of carbonyl (C=O) groups excluding carboxylic acids is 2. The third kappa shape index (κ3) is 3.06. The summed E-state index contributed by atoms with van der Waals surface area (Å²) < 4.78 is 0. The Bertz CT molecular complexity index is 831. The lowest BCUT2D eigenvalue weighted by Crippen LogP contribution is -2.43. The van der Waals surface area contributed by atoms with Crippen LogP contribution < -0.4 is 10.2 Å². The average Bonchev–Trinajstić information content (AvgIpc) is 2.91. The van der Waals surface area contributed by atoms with Crippen LogP contribution in [-0.2, 0) is 10.3 Å². The fourth-order valence-electron chi connectivity index (χ4n) is 3.01. The van der Waals surface area contributed by atoms with Crippen LogP contribution in [-0.4, -0.2) is 37.3 Å². The molecule has 1 aliphatic heterocycles. The molecule has 1 fully saturated rings. The summed E-state index contributed by atoms with van der Waals surface area (Å²) in [5, 5.41) is 7.86. The number of hydrazone groups is 1. The van der Waals surface area contributed by atoms with Gasteiger partial charge in [-0.25, -0.2) is 4.79 Å². The Kier molecular flexibility index (Phi) is 4.75. The second-order valence-corrected chi connectivity index (χ2v) is 6.40. The van der Waals surface area contributed by atoms with E-state index < -0.39 is 11.6 Å². The largest absolute Gasteiger partial charge is 0.378 e. The number of carbonyl (C=O) groups is 2. The van der Waals surface area contributed by atoms with Gasteiger partial charge in [-0.1, -0.05) is 49.4 Å². The summed E-state index contributed by atoms with van der Waals surface area (Å²) in [5.41, 5.74) is 1.56. The minimum atomic E-state index is -1.07. The van der Waals surface area contributed by atoms with E-state index in [4.69, 9.17) is 0 Å². The Balaban J connectivity index is 1.85. The second kappa shape index (κ2) is 7.00. The highest BCUT2D eigenvalue weighted by molar-refractivity contribution is 6.07. The molecular weight excluding hydrogens is 328 g/mol. The molecule has 3 rings (SSSR count). The average molecular weight is 350 g/mol. The molecule has 2 aromatic carbocycles. The first-order valence-electron chi connectivity index (χ1n) is 8.51. The minimum absolute atomic E-state index is 0.364. The van der Waals surface area contributed by atoms with Crippen molar-refractivity contribution in [2.45, 2.75) is 18.9 Å². The maximum Gasteiger partial charge on any atom is 0.346 e. The van der Waals surface area contributed by atoms with Gasteiger partial charge in [0, 0.05) is 19.8 Å². The third-order valence-corrected chi connectivity index (χ3v) is 4.60. The van der Waals surface area contributed by atoms with E-state index in [1.54, 1.807) is 0 Å². The van der Waals surface area contributed by atoms with E-state index in [0.717, 1.165) is 21.8 Å². The Morgan fingerprint density at radius 3 is 2.31 bits per heavy atom. The monoisotopic (exact) mass is 350 g/mol. The summed E-state index contributed by atoms with van der Waals surface area (Å²) in [7, 11) is 3.93. The molecule has 0 saturated carbocycles. The first-order chi connectivity index (χ1) is 12.5. The van der Waals surface area contributed by atoms with Crippen LogP contribution in [0.4, 0.5) is 10.5 Å². The number of imide groups is 1. The molecule has 1 heterocycles. The molecule has 1 saturated heterocycles. The Hall–Kier alpha value is -3.15. The van der Waals surface area contributed by atoms with Crippen LogP contribution in [0.15, 0.2) is 59.7 Å². The molecule has 0 aromatic heterocycles. The van der Waals surface area contributed by atoms with E-state index >= 15 is 0 Å². The Morgan fingerprint density at radius 2 is 1.73 bits per heavy atom. The van der Waals surface area contributed by atoms with Crippen molar-refractivity contribution in [2.24, 2.45) is 5.10 Å². The zero-order valence-electron chi connectivity index (χ0n) is 15.1. The molecule has 1 aliphatic rings. The molecule has 26 heavy (non-hydrogen) atoms. The second-order valence-electron chi connectivity index (χ2n) is 6.40. The summed E-state index contributed by atoms with van der Waals surface area (Å²) >= 11 is 0. The van der Waals surface area contributed by atoms with Gasteiger partial charge in [0.25, 0.3) is 5.91 Å². The van der Waals surface area contributed by atoms with Crippen LogP contribution in [0, 0.1) is 0 Å². The summed E-state index contributed by atoms with van der Waals surface area (Å²) in [6, 6.07) is 16.4. The third-order valence-electron chi connectivity index (χ3n) is 4.60. The SMILES string of the molecule is CC[C@]1(c2ccccc2)NC(=O)N(/N=C\c2ccc(N(C)C)cc2)C1=O. The van der Waals surface area contributed by atoms with Crippen LogP contribution in [0.2, 0.25) is 0 Å². The lowest BCUT2D eigenvalue weighted by molar-refractivity contribution is -0.131. The van der Waals surface area contributed by atoms with Gasteiger partial charge in [-0.15, -0.1) is 5.01 Å². The van der Waals surface area contributed by atoms with Crippen LogP contribution in [0.3, 0.4) is 0 Å². The predicted molar refractivity (Wildman–Crippen MR) is 102 cm³/mol. The first kappa shape index (κ1) is 17.7. The van der Waals surface area contributed by atoms with E-state index in [1.807, 2.05) is 80.5 Å². The zero-order chi connectivity index (χ0) is 18.7. The van der Waals surface area contributed by atoms with Crippen LogP contribution in [0.5, 0.6) is 0 Å². The van der Waals surface area contributed by atoms with Gasteiger partial charge >= 0.3 is 6.03 Å². The minimum Gasteiger partial charge on any atom is -0.378 e. The summed E-state index contributed by atoms with van der Waals surface area (Å²) in [4.78, 5) is 27.3. The standard InChI is InChI=1S/C20H22N4O2/c1-4-20(16-8-6-5-7-9-16)18(25)24(19(26)22-20)21-14-15-10-12-17(13-11-15)23(2)3/h5-14H,4H2,1-3H3,(H,22,26)/b21-14-/t20-/m1/s1. The molecule has 6 heteroatoms. The molecule has 0 unspecified atom stereocenters. The molecule has 3 amide bonds. The number of nitrogens with zero attached hydrogens (tertiary/aromatic N) is 3. The quantitative estimate of drug-likeness (QED) is 0.666. The van der Waals surface area contributed by atoms with Gasteiger partial charge in [0.2, 0.25) is 0 Å². The van der Waals surface area contributed by atoms with Crippen LogP contribution in [0.1, 0.15) is 24.5 Å². The number of hydrogen-bond donors (Lipinski definition) is 1. The molecule has 0 spiro atoms. The summed E-state index contributed by atoms with van der Waals surface area (Å²) in [5.74, 6) is -0.364. The van der Waals surface area contributed by atoms with Gasteiger partial charge in [-0.05, 0) is 29.7 Å². The van der Waals surface area contributed by atoms with Crippen molar-refractivity contribution in [3.05, 3.63) is 65.7 Å². The molecule has 1 N–H and O–H groups in total. The number of benzene rings is 2. The number of urea groups is 1. The van der Waals surface area contributed by atoms with Crippen LogP contribution >= 0.6 is 0 Å². The molecule has 0 aliphatic carbocycles. The molecular formula is C20H22N4O2. The lowest BCUT2D eigenvalue weighted by atomic mass is 9.87. The number of anilines is 1. The topological polar surface area (TPSA) is 65.0 Å². The first-order valence-corrected chi connectivity index (χ1v) is 8.51. The molecule has 0 bridgehead atoms. The Labute approximate surface area is 153 Å². The van der Waals surface area contributed by atoms with E-state index in [9.17, 15) is 9.59 Å². The van der Waals surface area contributed by atoms with Gasteiger partial charge in [-0.2, -0.15) is 5.10 Å². The number of amides is 3. The number of nitrogens with one attached hydrogen (secondary N) is 1. The van der Waals surface area contributed by atoms with E-state index in [1.165, 1.54) is 6.21 Å². The van der Waals surface area contributed by atoms with E-state index in [-0.39, 0.29) is 5.91 Å². The van der Waals surface area contributed by atoms with E-state index in [2.05, 4.69) is 10.4 Å². The lowest BCUT2D eigenvalue weighted by Gasteiger charge is -2.24. The fourth-order valence-corrected chi connectivity index (χ4v) is 3.01. The summed E-state index contributed by atoms with van der Waals surface area (Å²) in [6.45, 7) is 1.87. The van der Waals surface area contributed by atoms with Gasteiger partial charge in [0.15, 0.2) is 0 Å². The maximum absolute atomic E-state index is 13.0. The van der Waals surface area contributed by atoms with E-state index in [0.29, 0.717) is 6.42 Å². The van der Waals surface area contributed by atoms with Crippen molar-refractivity contribution < 1.29 is 9.59 Å². The zero-order valence-corrected chi connectivity index (χ0v) is 15.1. The molecule has 2 aromatic rings. The Morgan fingerprint density at radius 1 is 1.08 bits per heavy atom. The van der Waals surface area contributed by atoms with Crippen molar-refractivity contribution >= 4 is 23.8 Å². The summed E-state index contributed by atoms with van der Waals surface area (Å²) in [6.07, 6.45) is 1.97. The van der Waals surface area contributed by atoms with Gasteiger partial charge in [0.1, 0.15) is 5.54 Å². The van der Waals surface area contributed by atoms with Crippen molar-refractivity contribution in [3.63, 3.8) is 0 Å². The van der Waals surface area contributed by atoms with Gasteiger partial charge in [0.05, 0.1) is 6.21 Å². The highest BCUT2D eigenvalue weighted by atomic mass is 16.2. The van der Waals surface area contributed by atoms with Crippen molar-refractivity contribution in [3.8, 4) is 0 Å². The predicted octanol–water partition coefficient (Wildman–Crippen LogP) is 2.94. The van der Waals surface area contributed by atoms with Crippen LogP contribution in [0.25, 0.3) is 0 Å². The molecule has 0 radical (unpaired) electrons. The van der Waals surface area contributed by atoms with Gasteiger partial charge in [-0.3, -0.25) is 4.79 Å². The number of hydrogen-bond acceptors (Lipinski definition) is 4. The van der Waals surface area contributed by atoms with Crippen molar-refractivity contribution in [1.82, 2.24) is 10.3 Å². The molecule has 6 nitrogen and oxygen atoms in total. The number of rotatable bonds is 5. The van der Waals surface area contributed by atoms with Gasteiger partial charge < -0.3 is 10.2 Å². The van der Waals surface area contributed by atoms with Crippen molar-refractivity contribution in [1.29, 1.82) is 0 Å². The smallest absolute Gasteiger partial charge is 0.346 e. The molecule has 134 valence electrons. The highest BCUT2D eigenvalue weighted by Gasteiger charge is 2.51.